The van der Waals surface area contributed by atoms with Crippen LogP contribution in [0.4, 0.5) is 24.9 Å². The summed E-state index contributed by atoms with van der Waals surface area (Å²) in [6.45, 7) is 9.46. The summed E-state index contributed by atoms with van der Waals surface area (Å²) in [6.07, 6.45) is -5.07. The number of esters is 1. The van der Waals surface area contributed by atoms with Crippen molar-refractivity contribution >= 4 is 35.3 Å². The first-order chi connectivity index (χ1) is 22.4. The van der Waals surface area contributed by atoms with E-state index in [2.05, 4.69) is 20.4 Å². The number of halogens is 4. The number of alkyl halides is 3. The van der Waals surface area contributed by atoms with Gasteiger partial charge in [-0.2, -0.15) is 28.2 Å². The van der Waals surface area contributed by atoms with E-state index in [0.717, 1.165) is 0 Å². The quantitative estimate of drug-likeness (QED) is 0.264. The Hall–Kier alpha value is -4.11. The van der Waals surface area contributed by atoms with Gasteiger partial charge in [0, 0.05) is 35.9 Å². The van der Waals surface area contributed by atoms with Gasteiger partial charge in [-0.05, 0) is 77.5 Å². The van der Waals surface area contributed by atoms with Crippen molar-refractivity contribution in [2.24, 2.45) is 10.8 Å². The number of anilines is 2. The largest absolute Gasteiger partial charge is 0.480 e. The molecule has 0 aliphatic carbocycles. The molecule has 2 aliphatic heterocycles. The van der Waals surface area contributed by atoms with Crippen molar-refractivity contribution in [2.75, 3.05) is 23.7 Å². The number of aryl methyl sites for hydroxylation is 1. The van der Waals surface area contributed by atoms with Gasteiger partial charge in [-0.3, -0.25) is 14.9 Å². The molecule has 260 valence electrons. The average molecular weight is 694 g/mol. The molecule has 0 saturated carbocycles. The van der Waals surface area contributed by atoms with Gasteiger partial charge in [0.2, 0.25) is 17.9 Å². The lowest BCUT2D eigenvalue weighted by Gasteiger charge is -2.44. The van der Waals surface area contributed by atoms with Gasteiger partial charge in [0.1, 0.15) is 18.0 Å². The summed E-state index contributed by atoms with van der Waals surface area (Å²) in [5, 5.41) is 17.5. The van der Waals surface area contributed by atoms with Crippen LogP contribution in [0.25, 0.3) is 5.69 Å². The topological polar surface area (TPSA) is 158 Å². The summed E-state index contributed by atoms with van der Waals surface area (Å²) in [4.78, 5) is 34.7. The van der Waals surface area contributed by atoms with Crippen molar-refractivity contribution in [3.05, 3.63) is 52.8 Å². The third-order valence-electron chi connectivity index (χ3n) is 8.89. The Kier molecular flexibility index (Phi) is 9.58. The highest BCUT2D eigenvalue weighted by molar-refractivity contribution is 6.30. The molecule has 2 aromatic heterocycles. The molecule has 0 amide bonds. The van der Waals surface area contributed by atoms with Crippen LogP contribution in [0.3, 0.4) is 0 Å². The third-order valence-corrected chi connectivity index (χ3v) is 9.13. The second-order valence-electron chi connectivity index (χ2n) is 13.5. The van der Waals surface area contributed by atoms with Crippen LogP contribution < -0.4 is 20.7 Å². The van der Waals surface area contributed by atoms with E-state index in [4.69, 9.17) is 26.8 Å². The number of hydrogen-bond acceptors (Lipinski definition) is 10. The fourth-order valence-electron chi connectivity index (χ4n) is 6.45. The molecule has 2 saturated heterocycles. The van der Waals surface area contributed by atoms with Crippen LogP contribution in [0.1, 0.15) is 64.3 Å². The van der Waals surface area contributed by atoms with Crippen molar-refractivity contribution in [2.45, 2.75) is 84.3 Å². The van der Waals surface area contributed by atoms with Crippen LogP contribution in [0.2, 0.25) is 5.02 Å². The van der Waals surface area contributed by atoms with Gasteiger partial charge in [-0.25, -0.2) is 4.68 Å². The number of rotatable bonds is 8. The molecule has 4 atom stereocenters. The van der Waals surface area contributed by atoms with E-state index in [1.165, 1.54) is 35.1 Å². The Bertz CT molecular complexity index is 1670. The standard InChI is InChI=1S/C32H39ClF3N7O5/c1-17-8-11-43(41-17)22-14-19(33)6-7-20(22)26(32(34,35)36)48-24-15-23(39-29(37)40-24)42-12-9-31(10-13-42)16-21(27(44)45)38-25(31)18(2)47-28(46)30(3,4)5/h6-8,11,14-15,18,21,25-26,38H,9-10,12-13,16H2,1-5H3,(H,44,45)(H2,37,39,40)/t18?,21-,25?,26+/m0/s1. The van der Waals surface area contributed by atoms with Gasteiger partial charge >= 0.3 is 18.1 Å². The maximum Gasteiger partial charge on any atom is 0.429 e. The van der Waals surface area contributed by atoms with E-state index < -0.39 is 53.2 Å². The molecule has 3 aromatic rings. The number of aliphatic carboxylic acids is 1. The Morgan fingerprint density at radius 3 is 2.42 bits per heavy atom. The maximum absolute atomic E-state index is 14.6. The number of piperidine rings is 1. The van der Waals surface area contributed by atoms with Crippen molar-refractivity contribution in [3.8, 4) is 11.6 Å². The number of hydrogen-bond donors (Lipinski definition) is 3. The fraction of sp³-hybridized carbons (Fsp3) is 0.531. The number of benzene rings is 1. The summed E-state index contributed by atoms with van der Waals surface area (Å²) in [6, 6.07) is 5.65. The molecular weight excluding hydrogens is 655 g/mol. The van der Waals surface area contributed by atoms with E-state index in [0.29, 0.717) is 38.0 Å². The molecule has 2 aliphatic rings. The minimum Gasteiger partial charge on any atom is -0.480 e. The Balaban J connectivity index is 1.38. The molecule has 12 nitrogen and oxygen atoms in total. The molecule has 5 rings (SSSR count). The molecule has 48 heavy (non-hydrogen) atoms. The summed E-state index contributed by atoms with van der Waals surface area (Å²) in [5.74, 6) is -1.79. The van der Waals surface area contributed by atoms with Crippen molar-refractivity contribution in [1.82, 2.24) is 25.1 Å². The Labute approximate surface area is 280 Å². The molecule has 4 heterocycles. The first-order valence-electron chi connectivity index (χ1n) is 15.5. The number of carboxylic acids is 1. The number of carboxylic acid groups (broad SMARTS) is 1. The lowest BCUT2D eigenvalue weighted by Crippen LogP contribution is -2.52. The predicted molar refractivity (Wildman–Crippen MR) is 171 cm³/mol. The van der Waals surface area contributed by atoms with Gasteiger partial charge in [0.05, 0.1) is 22.8 Å². The summed E-state index contributed by atoms with van der Waals surface area (Å²) >= 11 is 6.15. The first-order valence-corrected chi connectivity index (χ1v) is 15.9. The summed E-state index contributed by atoms with van der Waals surface area (Å²) in [5.41, 5.74) is 5.17. The number of aromatic nitrogens is 4. The Morgan fingerprint density at radius 1 is 1.15 bits per heavy atom. The van der Waals surface area contributed by atoms with E-state index in [1.807, 2.05) is 4.90 Å². The normalized spacial score (nSPS) is 20.8. The zero-order valence-corrected chi connectivity index (χ0v) is 28.0. The average Bonchev–Trinajstić information content (AvgIpc) is 3.59. The zero-order chi connectivity index (χ0) is 35.2. The number of carbonyl (C=O) groups is 2. The van der Waals surface area contributed by atoms with Crippen LogP contribution >= 0.6 is 11.6 Å². The van der Waals surface area contributed by atoms with Crippen LogP contribution in [-0.2, 0) is 14.3 Å². The number of ether oxygens (including phenoxy) is 2. The number of nitrogens with zero attached hydrogens (tertiary/aromatic N) is 5. The first kappa shape index (κ1) is 35.2. The van der Waals surface area contributed by atoms with Gasteiger partial charge in [0.15, 0.2) is 0 Å². The van der Waals surface area contributed by atoms with E-state index in [-0.39, 0.29) is 33.9 Å². The predicted octanol–water partition coefficient (Wildman–Crippen LogP) is 5.27. The molecule has 0 bridgehead atoms. The molecule has 1 spiro atoms. The summed E-state index contributed by atoms with van der Waals surface area (Å²) < 4.78 is 56.4. The highest BCUT2D eigenvalue weighted by Gasteiger charge is 2.53. The molecular formula is C32H39ClF3N7O5. The van der Waals surface area contributed by atoms with Crippen LogP contribution in [-0.4, -0.2) is 74.2 Å². The molecule has 2 fully saturated rings. The number of nitrogen functional groups attached to an aromatic ring is 1. The van der Waals surface area contributed by atoms with Crippen LogP contribution in [0, 0.1) is 17.8 Å². The molecule has 1 aromatic carbocycles. The molecule has 16 heteroatoms. The number of carbonyl (C=O) groups excluding carboxylic acids is 1. The van der Waals surface area contributed by atoms with Crippen molar-refractivity contribution in [1.29, 1.82) is 0 Å². The highest BCUT2D eigenvalue weighted by atomic mass is 35.5. The van der Waals surface area contributed by atoms with Crippen LogP contribution in [0.5, 0.6) is 5.88 Å². The maximum atomic E-state index is 14.6. The zero-order valence-electron chi connectivity index (χ0n) is 27.2. The number of nitrogens with one attached hydrogen (secondary N) is 1. The van der Waals surface area contributed by atoms with Gasteiger partial charge in [-0.15, -0.1) is 0 Å². The van der Waals surface area contributed by atoms with Crippen molar-refractivity contribution in [3.63, 3.8) is 0 Å². The monoisotopic (exact) mass is 693 g/mol. The van der Waals surface area contributed by atoms with E-state index in [9.17, 15) is 27.9 Å². The molecule has 0 radical (unpaired) electrons. The Morgan fingerprint density at radius 2 is 1.83 bits per heavy atom. The van der Waals surface area contributed by atoms with Crippen molar-refractivity contribution < 1.29 is 37.3 Å². The van der Waals surface area contributed by atoms with Gasteiger partial charge < -0.3 is 25.2 Å². The second kappa shape index (κ2) is 13.1. The highest BCUT2D eigenvalue weighted by Crippen LogP contribution is 2.47. The third kappa shape index (κ3) is 7.46. The minimum atomic E-state index is -4.86. The fourth-order valence-corrected chi connectivity index (χ4v) is 6.62. The lowest BCUT2D eigenvalue weighted by atomic mass is 9.70. The number of nitrogens with two attached hydrogens (primary N) is 1. The lowest BCUT2D eigenvalue weighted by molar-refractivity contribution is -0.198. The summed E-state index contributed by atoms with van der Waals surface area (Å²) in [7, 11) is 0. The minimum absolute atomic E-state index is 0.0864. The second-order valence-corrected chi connectivity index (χ2v) is 14.0. The van der Waals surface area contributed by atoms with Gasteiger partial charge in [0.25, 0.3) is 0 Å². The van der Waals surface area contributed by atoms with E-state index in [1.54, 1.807) is 40.7 Å². The van der Waals surface area contributed by atoms with Gasteiger partial charge in [-0.1, -0.05) is 17.7 Å². The SMILES string of the molecule is Cc1ccn(-c2cc(Cl)ccc2[C@@H](Oc2cc(N3CCC4(CC3)C[C@@H](C(=O)O)NC4C(C)OC(=O)C(C)(C)C)nc(N)n2)C(F)(F)F)n1. The molecule has 2 unspecified atom stereocenters. The van der Waals surface area contributed by atoms with E-state index >= 15 is 0 Å². The van der Waals surface area contributed by atoms with Crippen LogP contribution in [0.15, 0.2) is 36.5 Å². The molecule has 4 N–H and O–H groups in total. The smallest absolute Gasteiger partial charge is 0.429 e.